The average Bonchev–Trinajstić information content (AvgIpc) is 2.62. The van der Waals surface area contributed by atoms with Crippen molar-refractivity contribution in [3.63, 3.8) is 0 Å². The molecular formula is C18H41F6N2O5PSi. The number of ether oxygens (including phenoxy) is 1. The maximum absolute atomic E-state index is 12.4. The van der Waals surface area contributed by atoms with Crippen LogP contribution in [-0.4, -0.2) is 72.2 Å². The monoisotopic (exact) mass is 538 g/mol. The predicted octanol–water partition coefficient (Wildman–Crippen LogP) is 6.68. The van der Waals surface area contributed by atoms with Gasteiger partial charge in [0.2, 0.25) is 6.23 Å². The van der Waals surface area contributed by atoms with Crippen molar-refractivity contribution >= 4 is 22.7 Å². The second kappa shape index (κ2) is 12.9. The van der Waals surface area contributed by atoms with Gasteiger partial charge in [0.1, 0.15) is 5.67 Å². The van der Waals surface area contributed by atoms with Crippen molar-refractivity contribution in [2.24, 2.45) is 0 Å². The Morgan fingerprint density at radius 1 is 0.848 bits per heavy atom. The van der Waals surface area contributed by atoms with Crippen molar-refractivity contribution in [2.75, 3.05) is 41.0 Å². The van der Waals surface area contributed by atoms with Gasteiger partial charge in [-0.3, -0.25) is 4.48 Å². The second-order valence-electron chi connectivity index (χ2n) is 8.33. The van der Waals surface area contributed by atoms with E-state index in [0.717, 1.165) is 19.3 Å². The van der Waals surface area contributed by atoms with Gasteiger partial charge in [0.25, 0.3) is 0 Å². The predicted molar refractivity (Wildman–Crippen MR) is 119 cm³/mol. The van der Waals surface area contributed by atoms with Crippen LogP contribution in [-0.2, 0) is 18.0 Å². The van der Waals surface area contributed by atoms with E-state index in [2.05, 4.69) is 5.32 Å². The molecule has 204 valence electrons. The van der Waals surface area contributed by atoms with Crippen LogP contribution >= 0.6 is 7.81 Å². The van der Waals surface area contributed by atoms with Gasteiger partial charge in [-0.1, -0.05) is 27.7 Å². The summed E-state index contributed by atoms with van der Waals surface area (Å²) < 4.78 is 83.6. The third-order valence-electron chi connectivity index (χ3n) is 4.02. The van der Waals surface area contributed by atoms with E-state index in [-0.39, 0.29) is 11.9 Å². The molecule has 1 N–H and O–H groups in total. The van der Waals surface area contributed by atoms with Gasteiger partial charge in [-0.15, -0.1) is 0 Å². The quantitative estimate of drug-likeness (QED) is 0.0878. The number of hydrogen-bond acceptors (Lipinski definition) is 5. The van der Waals surface area contributed by atoms with Crippen molar-refractivity contribution in [3.8, 4) is 0 Å². The second-order valence-corrected chi connectivity index (χ2v) is 13.0. The van der Waals surface area contributed by atoms with Crippen LogP contribution in [0.2, 0.25) is 0 Å². The van der Waals surface area contributed by atoms with E-state index in [9.17, 15) is 30.0 Å². The molecule has 0 heterocycles. The number of amides is 1. The standard InChI is InChI=1S/C18H40N2O5Si.F6P/c1-9-13-22-26(23-14-10-2,24-15-11-3)17(12-4)19-18(21)25-16(5)20(6,7)8;1-7(2,3,4,5)6/h16-17H,9-15H2,1-8H3;/q;-1/p+1. The van der Waals surface area contributed by atoms with Crippen LogP contribution in [0.15, 0.2) is 0 Å². The van der Waals surface area contributed by atoms with Crippen LogP contribution < -0.4 is 5.32 Å². The molecule has 0 aliphatic carbocycles. The molecule has 0 aromatic carbocycles. The van der Waals surface area contributed by atoms with Crippen molar-refractivity contribution in [2.45, 2.75) is 72.2 Å². The molecule has 0 radical (unpaired) electrons. The zero-order chi connectivity index (χ0) is 26.6. The Morgan fingerprint density at radius 3 is 1.42 bits per heavy atom. The van der Waals surface area contributed by atoms with Gasteiger partial charge < -0.3 is 23.3 Å². The average molecular weight is 539 g/mol. The van der Waals surface area contributed by atoms with E-state index in [1.807, 2.05) is 55.8 Å². The summed E-state index contributed by atoms with van der Waals surface area (Å²) in [6.07, 6.45) is 2.50. The Hall–Kier alpha value is -0.663. The van der Waals surface area contributed by atoms with Crippen molar-refractivity contribution in [1.82, 2.24) is 5.32 Å². The molecule has 0 fully saturated rings. The Balaban J connectivity index is 0. The van der Waals surface area contributed by atoms with E-state index in [4.69, 9.17) is 18.0 Å². The SMILES string of the molecule is CCCO[Si](OCCC)(OCCC)C(CC)NC(=O)OC(C)[N+](C)(C)C.F[P-](F)(F)(F)(F)F. The number of carbonyl (C=O) groups excluding carboxylic acids is 1. The number of nitrogens with one attached hydrogen (secondary N) is 1. The molecule has 1 amide bonds. The topological polar surface area (TPSA) is 66.0 Å². The van der Waals surface area contributed by atoms with Gasteiger partial charge >= 0.3 is 47.9 Å². The summed E-state index contributed by atoms with van der Waals surface area (Å²) in [5.74, 6) is 0. The molecule has 33 heavy (non-hydrogen) atoms. The molecule has 15 heteroatoms. The van der Waals surface area contributed by atoms with Crippen molar-refractivity contribution in [1.29, 1.82) is 0 Å². The summed E-state index contributed by atoms with van der Waals surface area (Å²) in [5, 5.41) is 2.95. The molecule has 0 aliphatic heterocycles. The first-order chi connectivity index (χ1) is 14.6. The summed E-state index contributed by atoms with van der Waals surface area (Å²) in [6, 6.07) is 0. The number of nitrogens with zero attached hydrogens (tertiary/aromatic N) is 1. The molecular weight excluding hydrogens is 497 g/mol. The summed E-state index contributed by atoms with van der Waals surface area (Å²) in [7, 11) is -7.78. The fourth-order valence-corrected chi connectivity index (χ4v) is 5.20. The number of hydrogen-bond donors (Lipinski definition) is 1. The summed E-state index contributed by atoms with van der Waals surface area (Å²) in [5.41, 5.74) is -0.334. The Labute approximate surface area is 194 Å². The molecule has 0 spiro atoms. The normalized spacial score (nSPS) is 16.5. The van der Waals surface area contributed by atoms with Crippen LogP contribution in [0.1, 0.15) is 60.3 Å². The third-order valence-corrected chi connectivity index (χ3v) is 7.24. The molecule has 0 bridgehead atoms. The molecule has 2 unspecified atom stereocenters. The van der Waals surface area contributed by atoms with Crippen molar-refractivity contribution < 1.29 is 52.5 Å². The number of alkyl carbamates (subject to hydrolysis) is 1. The molecule has 0 aliphatic rings. The van der Waals surface area contributed by atoms with E-state index in [1.54, 1.807) is 0 Å². The first-order valence-electron chi connectivity index (χ1n) is 10.9. The molecule has 0 saturated heterocycles. The van der Waals surface area contributed by atoms with Gasteiger partial charge in [-0.25, -0.2) is 4.79 Å². The molecule has 0 aromatic rings. The van der Waals surface area contributed by atoms with Gasteiger partial charge in [-0.2, -0.15) is 0 Å². The number of quaternary nitrogens is 1. The van der Waals surface area contributed by atoms with Gasteiger partial charge in [0.05, 0.1) is 21.1 Å². The molecule has 0 rings (SSSR count). The minimum absolute atomic E-state index is 0.270. The Morgan fingerprint density at radius 2 is 1.18 bits per heavy atom. The minimum atomic E-state index is -10.7. The number of rotatable bonds is 14. The van der Waals surface area contributed by atoms with Crippen molar-refractivity contribution in [3.05, 3.63) is 0 Å². The van der Waals surface area contributed by atoms with Gasteiger partial charge in [-0.05, 0) is 25.7 Å². The summed E-state index contributed by atoms with van der Waals surface area (Å²) in [4.78, 5) is 12.4. The molecule has 2 atom stereocenters. The first-order valence-corrected chi connectivity index (χ1v) is 14.7. The van der Waals surface area contributed by atoms with Crippen LogP contribution in [0.4, 0.5) is 30.0 Å². The molecule has 0 saturated carbocycles. The fourth-order valence-electron chi connectivity index (χ4n) is 2.09. The maximum atomic E-state index is 12.4. The van der Waals surface area contributed by atoms with E-state index < -0.39 is 22.7 Å². The van der Waals surface area contributed by atoms with Gasteiger partial charge in [0, 0.05) is 26.7 Å². The van der Waals surface area contributed by atoms with Crippen LogP contribution in [0, 0.1) is 0 Å². The van der Waals surface area contributed by atoms with Gasteiger partial charge in [0.15, 0.2) is 0 Å². The number of halogens is 6. The van der Waals surface area contributed by atoms with Crippen LogP contribution in [0.25, 0.3) is 0 Å². The number of carbonyl (C=O) groups is 1. The van der Waals surface area contributed by atoms with E-state index >= 15 is 0 Å². The molecule has 0 aromatic heterocycles. The van der Waals surface area contributed by atoms with E-state index in [1.165, 1.54) is 0 Å². The molecule has 7 nitrogen and oxygen atoms in total. The zero-order valence-corrected chi connectivity index (χ0v) is 22.7. The zero-order valence-electron chi connectivity index (χ0n) is 20.8. The first kappa shape index (κ1) is 34.5. The Kier molecular flexibility index (Phi) is 13.5. The fraction of sp³-hybridized carbons (Fsp3) is 0.944. The van der Waals surface area contributed by atoms with E-state index in [0.29, 0.717) is 30.7 Å². The third kappa shape index (κ3) is 20.4. The van der Waals surface area contributed by atoms with Crippen LogP contribution in [0.5, 0.6) is 0 Å². The summed E-state index contributed by atoms with van der Waals surface area (Å²) in [6.45, 7) is 11.6. The van der Waals surface area contributed by atoms with Crippen LogP contribution in [0.3, 0.4) is 0 Å². The Bertz CT molecular complexity index is 545. The summed E-state index contributed by atoms with van der Waals surface area (Å²) >= 11 is 0.